The van der Waals surface area contributed by atoms with Crippen LogP contribution in [0.15, 0.2) is 29.3 Å². The minimum Gasteiger partial charge on any atom is -0.493 e. The Bertz CT molecular complexity index is 980. The van der Waals surface area contributed by atoms with Crippen LogP contribution in [0.3, 0.4) is 0 Å². The zero-order valence-electron chi connectivity index (χ0n) is 18.2. The molecule has 0 saturated heterocycles. The Hall–Kier alpha value is -3.00. The molecule has 2 heterocycles. The predicted octanol–water partition coefficient (Wildman–Crippen LogP) is 2.89. The summed E-state index contributed by atoms with van der Waals surface area (Å²) in [7, 11) is 5.07. The molecule has 2 aromatic carbocycles. The van der Waals surface area contributed by atoms with Crippen LogP contribution >= 0.6 is 0 Å². The number of methoxy groups -OCH3 is 2. The van der Waals surface area contributed by atoms with Gasteiger partial charge in [-0.05, 0) is 53.8 Å². The highest BCUT2D eigenvalue weighted by atomic mass is 19.1. The number of guanidine groups is 1. The van der Waals surface area contributed by atoms with E-state index in [0.29, 0.717) is 19.6 Å². The van der Waals surface area contributed by atoms with Crippen LogP contribution in [0, 0.1) is 5.82 Å². The van der Waals surface area contributed by atoms with E-state index in [-0.39, 0.29) is 12.6 Å². The molecule has 4 rings (SSSR count). The number of halogens is 1. The Morgan fingerprint density at radius 3 is 2.65 bits per heavy atom. The van der Waals surface area contributed by atoms with Gasteiger partial charge < -0.3 is 29.2 Å². The number of benzene rings is 2. The zero-order valence-corrected chi connectivity index (χ0v) is 18.2. The van der Waals surface area contributed by atoms with E-state index in [1.54, 1.807) is 21.3 Å². The molecule has 0 spiro atoms. The molecule has 8 heteroatoms. The number of aliphatic imine (C=N–C) groups is 1. The van der Waals surface area contributed by atoms with Gasteiger partial charge in [0.05, 0.1) is 20.8 Å². The summed E-state index contributed by atoms with van der Waals surface area (Å²) in [4.78, 5) is 6.66. The van der Waals surface area contributed by atoms with Crippen LogP contribution in [0.1, 0.15) is 22.3 Å². The number of ether oxygens (including phenoxy) is 4. The lowest BCUT2D eigenvalue weighted by molar-refractivity contribution is -0.0172. The molecule has 2 aliphatic rings. The lowest BCUT2D eigenvalue weighted by atomic mass is 9.99. The molecule has 0 unspecified atom stereocenters. The first-order chi connectivity index (χ1) is 15.1. The average molecular weight is 429 g/mol. The summed E-state index contributed by atoms with van der Waals surface area (Å²) in [5.74, 6) is 2.76. The van der Waals surface area contributed by atoms with Crippen LogP contribution in [-0.2, 0) is 30.7 Å². The summed E-state index contributed by atoms with van der Waals surface area (Å²) in [6.07, 6.45) is 1.51. The Balaban J connectivity index is 1.42. The summed E-state index contributed by atoms with van der Waals surface area (Å²) in [6.45, 7) is 2.75. The SMILES string of the molecule is CN=C(NCCc1cc(F)cc2c1OCOC2)N1CCc2cc(OC)c(OC)cc2C1. The molecule has 0 fully saturated rings. The van der Waals surface area contributed by atoms with Gasteiger partial charge in [-0.15, -0.1) is 0 Å². The van der Waals surface area contributed by atoms with Crippen molar-refractivity contribution in [3.05, 3.63) is 52.3 Å². The third-order valence-electron chi connectivity index (χ3n) is 5.66. The van der Waals surface area contributed by atoms with Gasteiger partial charge in [0.25, 0.3) is 0 Å². The van der Waals surface area contributed by atoms with Crippen molar-refractivity contribution in [2.45, 2.75) is 26.0 Å². The predicted molar refractivity (Wildman–Crippen MR) is 115 cm³/mol. The summed E-state index contributed by atoms with van der Waals surface area (Å²) in [5.41, 5.74) is 4.04. The fourth-order valence-corrected chi connectivity index (χ4v) is 4.15. The summed E-state index contributed by atoms with van der Waals surface area (Å²) in [6, 6.07) is 7.09. The second-order valence-corrected chi connectivity index (χ2v) is 7.54. The van der Waals surface area contributed by atoms with Crippen LogP contribution < -0.4 is 19.5 Å². The van der Waals surface area contributed by atoms with Gasteiger partial charge in [0, 0.05) is 32.2 Å². The van der Waals surface area contributed by atoms with E-state index in [4.69, 9.17) is 18.9 Å². The molecule has 0 aromatic heterocycles. The van der Waals surface area contributed by atoms with Crippen molar-refractivity contribution in [3.63, 3.8) is 0 Å². The molecular weight excluding hydrogens is 401 g/mol. The normalized spacial score (nSPS) is 15.6. The molecular formula is C23H28FN3O4. The molecule has 2 aliphatic heterocycles. The van der Waals surface area contributed by atoms with Crippen LogP contribution in [-0.4, -0.2) is 52.0 Å². The van der Waals surface area contributed by atoms with Gasteiger partial charge in [0.2, 0.25) is 0 Å². The molecule has 7 nitrogen and oxygen atoms in total. The molecule has 0 aliphatic carbocycles. The van der Waals surface area contributed by atoms with Crippen LogP contribution in [0.4, 0.5) is 4.39 Å². The standard InChI is InChI=1S/C23H28FN3O4/c1-25-23(26-6-4-16-8-19(24)9-18-13-30-14-31-22(16)18)27-7-5-15-10-20(28-2)21(29-3)11-17(15)12-27/h8-11H,4-7,12-14H2,1-3H3,(H,25,26). The number of nitrogens with one attached hydrogen (secondary N) is 1. The Kier molecular flexibility index (Phi) is 6.46. The van der Waals surface area contributed by atoms with Crippen molar-refractivity contribution < 1.29 is 23.3 Å². The van der Waals surface area contributed by atoms with Gasteiger partial charge in [-0.25, -0.2) is 4.39 Å². The van der Waals surface area contributed by atoms with Crippen molar-refractivity contribution in [3.8, 4) is 17.2 Å². The van der Waals surface area contributed by atoms with Crippen molar-refractivity contribution in [1.29, 1.82) is 0 Å². The van der Waals surface area contributed by atoms with E-state index in [1.165, 1.54) is 23.3 Å². The average Bonchev–Trinajstić information content (AvgIpc) is 2.80. The highest BCUT2D eigenvalue weighted by Crippen LogP contribution is 2.33. The first-order valence-corrected chi connectivity index (χ1v) is 10.3. The summed E-state index contributed by atoms with van der Waals surface area (Å²) < 4.78 is 35.7. The van der Waals surface area contributed by atoms with E-state index in [9.17, 15) is 4.39 Å². The highest BCUT2D eigenvalue weighted by molar-refractivity contribution is 5.80. The van der Waals surface area contributed by atoms with Gasteiger partial charge >= 0.3 is 0 Å². The first kappa shape index (κ1) is 21.2. The van der Waals surface area contributed by atoms with E-state index < -0.39 is 0 Å². The third-order valence-corrected chi connectivity index (χ3v) is 5.66. The van der Waals surface area contributed by atoms with Crippen LogP contribution in [0.25, 0.3) is 0 Å². The van der Waals surface area contributed by atoms with E-state index in [1.807, 2.05) is 6.07 Å². The van der Waals surface area contributed by atoms with E-state index in [2.05, 4.69) is 21.3 Å². The first-order valence-electron chi connectivity index (χ1n) is 10.3. The van der Waals surface area contributed by atoms with Gasteiger partial charge in [0.1, 0.15) is 11.6 Å². The fraction of sp³-hybridized carbons (Fsp3) is 0.435. The Labute approximate surface area is 181 Å². The maximum atomic E-state index is 14.0. The Morgan fingerprint density at radius 2 is 1.90 bits per heavy atom. The van der Waals surface area contributed by atoms with Gasteiger partial charge in [-0.3, -0.25) is 4.99 Å². The number of rotatable bonds is 5. The molecule has 31 heavy (non-hydrogen) atoms. The molecule has 2 aromatic rings. The monoisotopic (exact) mass is 429 g/mol. The van der Waals surface area contributed by atoms with Gasteiger partial charge in [-0.2, -0.15) is 0 Å². The summed E-state index contributed by atoms with van der Waals surface area (Å²) in [5, 5.41) is 3.41. The van der Waals surface area contributed by atoms with Crippen molar-refractivity contribution in [1.82, 2.24) is 10.2 Å². The van der Waals surface area contributed by atoms with Gasteiger partial charge in [0.15, 0.2) is 24.3 Å². The number of hydrogen-bond donors (Lipinski definition) is 1. The van der Waals surface area contributed by atoms with Crippen molar-refractivity contribution >= 4 is 5.96 Å². The molecule has 0 radical (unpaired) electrons. The smallest absolute Gasteiger partial charge is 0.193 e. The fourth-order valence-electron chi connectivity index (χ4n) is 4.15. The quantitative estimate of drug-likeness (QED) is 0.583. The maximum Gasteiger partial charge on any atom is 0.193 e. The minimum absolute atomic E-state index is 0.197. The Morgan fingerprint density at radius 1 is 1.13 bits per heavy atom. The van der Waals surface area contributed by atoms with E-state index in [0.717, 1.165) is 53.8 Å². The van der Waals surface area contributed by atoms with Crippen LogP contribution in [0.5, 0.6) is 17.2 Å². The molecule has 0 bridgehead atoms. The van der Waals surface area contributed by atoms with Crippen LogP contribution in [0.2, 0.25) is 0 Å². The second kappa shape index (κ2) is 9.43. The largest absolute Gasteiger partial charge is 0.493 e. The molecule has 1 N–H and O–H groups in total. The maximum absolute atomic E-state index is 14.0. The van der Waals surface area contributed by atoms with Crippen molar-refractivity contribution in [2.24, 2.45) is 4.99 Å². The molecule has 0 amide bonds. The lowest BCUT2D eigenvalue weighted by Gasteiger charge is -2.32. The molecule has 166 valence electrons. The van der Waals surface area contributed by atoms with E-state index >= 15 is 0 Å². The topological polar surface area (TPSA) is 64.6 Å². The number of fused-ring (bicyclic) bond motifs is 2. The highest BCUT2D eigenvalue weighted by Gasteiger charge is 2.22. The van der Waals surface area contributed by atoms with Crippen molar-refractivity contribution in [2.75, 3.05) is 41.1 Å². The number of hydrogen-bond acceptors (Lipinski definition) is 5. The minimum atomic E-state index is -0.274. The summed E-state index contributed by atoms with van der Waals surface area (Å²) >= 11 is 0. The number of nitrogens with zero attached hydrogens (tertiary/aromatic N) is 2. The lowest BCUT2D eigenvalue weighted by Crippen LogP contribution is -2.44. The second-order valence-electron chi connectivity index (χ2n) is 7.54. The third kappa shape index (κ3) is 4.54. The zero-order chi connectivity index (χ0) is 21.8. The molecule has 0 atom stereocenters. The molecule has 0 saturated carbocycles. The van der Waals surface area contributed by atoms with Gasteiger partial charge in [-0.1, -0.05) is 0 Å².